The molecule has 0 bridgehead atoms. The van der Waals surface area contributed by atoms with Crippen molar-refractivity contribution in [3.8, 4) is 17.1 Å². The second-order valence-corrected chi connectivity index (χ2v) is 6.75. The van der Waals surface area contributed by atoms with E-state index in [-0.39, 0.29) is 23.8 Å². The molecule has 1 N–H and O–H groups in total. The van der Waals surface area contributed by atoms with E-state index >= 15 is 0 Å². The molecule has 9 nitrogen and oxygen atoms in total. The third-order valence-electron chi connectivity index (χ3n) is 4.61. The molecule has 2 aromatic carbocycles. The number of furan rings is 1. The van der Waals surface area contributed by atoms with E-state index < -0.39 is 11.9 Å². The average molecular weight is 433 g/mol. The number of aromatic nitrogens is 2. The predicted molar refractivity (Wildman–Crippen MR) is 113 cm³/mol. The number of amides is 1. The molecule has 0 saturated heterocycles. The van der Waals surface area contributed by atoms with Crippen molar-refractivity contribution in [2.24, 2.45) is 0 Å². The molecule has 0 spiro atoms. The van der Waals surface area contributed by atoms with E-state index in [1.807, 2.05) is 19.1 Å². The Balaban J connectivity index is 1.42. The van der Waals surface area contributed by atoms with Crippen molar-refractivity contribution in [2.75, 3.05) is 12.4 Å². The summed E-state index contributed by atoms with van der Waals surface area (Å²) in [6, 6.07) is 15.3. The number of carbonyl (C=O) groups is 2. The summed E-state index contributed by atoms with van der Waals surface area (Å²) in [5, 5.41) is 6.64. The maximum atomic E-state index is 12.5. The van der Waals surface area contributed by atoms with Gasteiger partial charge in [0.05, 0.1) is 24.5 Å². The van der Waals surface area contributed by atoms with Crippen LogP contribution in [0.3, 0.4) is 0 Å². The number of nitrogens with zero attached hydrogens (tertiary/aromatic N) is 2. The van der Waals surface area contributed by atoms with Gasteiger partial charge in [0.2, 0.25) is 5.82 Å². The summed E-state index contributed by atoms with van der Waals surface area (Å²) in [6.45, 7) is 1.60. The molecule has 0 atom stereocenters. The number of aryl methyl sites for hydroxylation is 1. The number of para-hydroxylation sites is 1. The third-order valence-corrected chi connectivity index (χ3v) is 4.61. The Morgan fingerprint density at radius 1 is 1.09 bits per heavy atom. The number of nitrogens with one attached hydrogen (secondary N) is 1. The van der Waals surface area contributed by atoms with Crippen molar-refractivity contribution in [3.05, 3.63) is 83.6 Å². The maximum Gasteiger partial charge on any atom is 0.338 e. The summed E-state index contributed by atoms with van der Waals surface area (Å²) < 4.78 is 20.9. The molecule has 0 aliphatic rings. The minimum absolute atomic E-state index is 0.137. The van der Waals surface area contributed by atoms with Gasteiger partial charge in [-0.05, 0) is 48.9 Å². The molecule has 0 radical (unpaired) electrons. The van der Waals surface area contributed by atoms with Crippen molar-refractivity contribution >= 4 is 17.6 Å². The fraction of sp³-hybridized carbons (Fsp3) is 0.130. The van der Waals surface area contributed by atoms with E-state index in [4.69, 9.17) is 18.4 Å². The van der Waals surface area contributed by atoms with Gasteiger partial charge >= 0.3 is 5.97 Å². The van der Waals surface area contributed by atoms with Crippen LogP contribution in [-0.2, 0) is 11.3 Å². The molecular formula is C23H19N3O6. The zero-order valence-electron chi connectivity index (χ0n) is 17.3. The largest absolute Gasteiger partial charge is 0.496 e. The molecule has 0 saturated carbocycles. The molecule has 0 aliphatic heterocycles. The summed E-state index contributed by atoms with van der Waals surface area (Å²) in [4.78, 5) is 29.0. The van der Waals surface area contributed by atoms with Crippen LogP contribution >= 0.6 is 0 Å². The van der Waals surface area contributed by atoms with Gasteiger partial charge in [0.15, 0.2) is 12.4 Å². The van der Waals surface area contributed by atoms with E-state index in [1.165, 1.54) is 12.3 Å². The standard InChI is InChI=1S/C23H19N3O6/c1-14-9-10-15(12-17(14)24-22(27)19-8-5-11-30-19)23(28)31-13-20-25-21(26-32-20)16-6-3-4-7-18(16)29-2/h3-12H,13H2,1-2H3,(H,24,27). The first-order valence-corrected chi connectivity index (χ1v) is 9.64. The number of hydrogen-bond donors (Lipinski definition) is 1. The van der Waals surface area contributed by atoms with E-state index in [2.05, 4.69) is 15.5 Å². The summed E-state index contributed by atoms with van der Waals surface area (Å²) in [7, 11) is 1.55. The SMILES string of the molecule is COc1ccccc1-c1noc(COC(=O)c2ccc(C)c(NC(=O)c3ccco3)c2)n1. The summed E-state index contributed by atoms with van der Waals surface area (Å²) >= 11 is 0. The lowest BCUT2D eigenvalue weighted by molar-refractivity contribution is 0.0429. The minimum atomic E-state index is -0.601. The maximum absolute atomic E-state index is 12.5. The number of methoxy groups -OCH3 is 1. The molecule has 1 amide bonds. The number of hydrogen-bond acceptors (Lipinski definition) is 8. The van der Waals surface area contributed by atoms with Gasteiger partial charge in [0.25, 0.3) is 11.8 Å². The van der Waals surface area contributed by atoms with Crippen LogP contribution in [0.15, 0.2) is 69.8 Å². The number of carbonyl (C=O) groups excluding carboxylic acids is 2. The number of esters is 1. The predicted octanol–water partition coefficient (Wildman–Crippen LogP) is 4.26. The second kappa shape index (κ2) is 9.17. The van der Waals surface area contributed by atoms with Gasteiger partial charge in [-0.3, -0.25) is 4.79 Å². The Labute approximate surface area is 183 Å². The van der Waals surface area contributed by atoms with Gasteiger partial charge < -0.3 is 23.7 Å². The van der Waals surface area contributed by atoms with Crippen LogP contribution in [0.5, 0.6) is 5.75 Å². The Kier molecular flexibility index (Phi) is 5.98. The average Bonchev–Trinajstić information content (AvgIpc) is 3.51. The molecular weight excluding hydrogens is 414 g/mol. The quantitative estimate of drug-likeness (QED) is 0.430. The molecule has 0 fully saturated rings. The van der Waals surface area contributed by atoms with Gasteiger partial charge in [-0.25, -0.2) is 4.79 Å². The van der Waals surface area contributed by atoms with Crippen LogP contribution in [0.1, 0.15) is 32.4 Å². The van der Waals surface area contributed by atoms with Crippen molar-refractivity contribution in [1.29, 1.82) is 0 Å². The molecule has 4 rings (SSSR count). The molecule has 32 heavy (non-hydrogen) atoms. The Bertz CT molecular complexity index is 1250. The first kappa shape index (κ1) is 20.9. The number of ether oxygens (including phenoxy) is 2. The highest BCUT2D eigenvalue weighted by atomic mass is 16.6. The van der Waals surface area contributed by atoms with Crippen molar-refractivity contribution in [2.45, 2.75) is 13.5 Å². The highest BCUT2D eigenvalue weighted by Crippen LogP contribution is 2.27. The van der Waals surface area contributed by atoms with E-state index in [0.29, 0.717) is 22.8 Å². The van der Waals surface area contributed by atoms with Crippen LogP contribution in [0.2, 0.25) is 0 Å². The summed E-state index contributed by atoms with van der Waals surface area (Å²) in [5.74, 6) is 0.207. The van der Waals surface area contributed by atoms with Crippen molar-refractivity contribution in [3.63, 3.8) is 0 Å². The van der Waals surface area contributed by atoms with Crippen LogP contribution in [0.4, 0.5) is 5.69 Å². The molecule has 162 valence electrons. The van der Waals surface area contributed by atoms with Crippen molar-refractivity contribution < 1.29 is 28.0 Å². The number of anilines is 1. The topological polar surface area (TPSA) is 117 Å². The molecule has 0 unspecified atom stereocenters. The van der Waals surface area contributed by atoms with Gasteiger partial charge in [-0.15, -0.1) is 0 Å². The second-order valence-electron chi connectivity index (χ2n) is 6.75. The van der Waals surface area contributed by atoms with Gasteiger partial charge in [0.1, 0.15) is 5.75 Å². The summed E-state index contributed by atoms with van der Waals surface area (Å²) in [6.07, 6.45) is 1.41. The smallest absolute Gasteiger partial charge is 0.338 e. The van der Waals surface area contributed by atoms with E-state index in [9.17, 15) is 9.59 Å². The normalized spacial score (nSPS) is 10.6. The van der Waals surface area contributed by atoms with Crippen molar-refractivity contribution in [1.82, 2.24) is 10.1 Å². The fourth-order valence-electron chi connectivity index (χ4n) is 2.94. The molecule has 2 heterocycles. The highest BCUT2D eigenvalue weighted by molar-refractivity contribution is 6.03. The lowest BCUT2D eigenvalue weighted by atomic mass is 10.1. The molecule has 9 heteroatoms. The minimum Gasteiger partial charge on any atom is -0.496 e. The monoisotopic (exact) mass is 433 g/mol. The zero-order chi connectivity index (χ0) is 22.5. The first-order chi connectivity index (χ1) is 15.5. The van der Waals surface area contributed by atoms with Crippen LogP contribution < -0.4 is 10.1 Å². The fourth-order valence-corrected chi connectivity index (χ4v) is 2.94. The van der Waals surface area contributed by atoms with Gasteiger partial charge in [-0.1, -0.05) is 23.4 Å². The number of rotatable bonds is 7. The summed E-state index contributed by atoms with van der Waals surface area (Å²) in [5.41, 5.74) is 2.17. The van der Waals surface area contributed by atoms with Crippen LogP contribution in [0.25, 0.3) is 11.4 Å². The lowest BCUT2D eigenvalue weighted by Crippen LogP contribution is -2.13. The van der Waals surface area contributed by atoms with Crippen LogP contribution in [-0.4, -0.2) is 29.1 Å². The van der Waals surface area contributed by atoms with Gasteiger partial charge in [-0.2, -0.15) is 4.98 Å². The Morgan fingerprint density at radius 2 is 1.94 bits per heavy atom. The molecule has 2 aromatic heterocycles. The molecule has 0 aliphatic carbocycles. The third kappa shape index (κ3) is 4.51. The first-order valence-electron chi connectivity index (χ1n) is 9.64. The van der Waals surface area contributed by atoms with E-state index in [0.717, 1.165) is 5.56 Å². The lowest BCUT2D eigenvalue weighted by Gasteiger charge is -2.09. The highest BCUT2D eigenvalue weighted by Gasteiger charge is 2.17. The van der Waals surface area contributed by atoms with E-state index in [1.54, 1.807) is 43.5 Å². The zero-order valence-corrected chi connectivity index (χ0v) is 17.3. The van der Waals surface area contributed by atoms with Gasteiger partial charge in [0, 0.05) is 5.69 Å². The Hall–Kier alpha value is -4.40. The number of benzene rings is 2. The van der Waals surface area contributed by atoms with Crippen LogP contribution in [0, 0.1) is 6.92 Å². The molecule has 4 aromatic rings. The Morgan fingerprint density at radius 3 is 2.72 bits per heavy atom.